The van der Waals surface area contributed by atoms with Gasteiger partial charge in [0.2, 0.25) is 0 Å². The van der Waals surface area contributed by atoms with Gasteiger partial charge in [-0.25, -0.2) is 4.79 Å². The van der Waals surface area contributed by atoms with Crippen LogP contribution in [0.15, 0.2) is 60.7 Å². The first-order chi connectivity index (χ1) is 15.7. The van der Waals surface area contributed by atoms with E-state index in [0.29, 0.717) is 29.3 Å². The maximum Gasteiger partial charge on any atom is 0.416 e. The molecule has 0 atom stereocenters. The van der Waals surface area contributed by atoms with Crippen molar-refractivity contribution in [2.24, 2.45) is 0 Å². The Morgan fingerprint density at radius 2 is 1.70 bits per heavy atom. The summed E-state index contributed by atoms with van der Waals surface area (Å²) in [6.45, 7) is 0.489. The number of fused-ring (bicyclic) bond motifs is 1. The Labute approximate surface area is 186 Å². The highest BCUT2D eigenvalue weighted by molar-refractivity contribution is 6.01. The highest BCUT2D eigenvalue weighted by atomic mass is 19.4. The van der Waals surface area contributed by atoms with Crippen molar-refractivity contribution in [1.29, 1.82) is 0 Å². The molecule has 0 radical (unpaired) electrons. The molecular formula is C23H18F3N3O4. The highest BCUT2D eigenvalue weighted by Gasteiger charge is 2.31. The number of ether oxygens (including phenoxy) is 2. The summed E-state index contributed by atoms with van der Waals surface area (Å²) in [5, 5.41) is 7.63. The van der Waals surface area contributed by atoms with Crippen molar-refractivity contribution in [3.05, 3.63) is 77.4 Å². The standard InChI is InChI=1S/C23H18F3N3O4/c1-32-20-9-3-14(23(24,25)26)10-19(20)29-22(31)28-15-4-7-16(8-5-15)33-17-6-2-13-12-27-21(30)18(13)11-17/h2-11H,12H2,1H3,(H,27,30)(H2,28,29,31). The summed E-state index contributed by atoms with van der Waals surface area (Å²) >= 11 is 0. The minimum Gasteiger partial charge on any atom is -0.495 e. The monoisotopic (exact) mass is 457 g/mol. The second-order valence-corrected chi connectivity index (χ2v) is 7.12. The number of methoxy groups -OCH3 is 1. The van der Waals surface area contributed by atoms with Crippen LogP contribution in [0.4, 0.5) is 29.3 Å². The topological polar surface area (TPSA) is 88.7 Å². The molecule has 3 amide bonds. The Morgan fingerprint density at radius 1 is 0.970 bits per heavy atom. The fraction of sp³-hybridized carbons (Fsp3) is 0.130. The molecule has 0 bridgehead atoms. The van der Waals surface area contributed by atoms with Crippen LogP contribution in [-0.2, 0) is 12.7 Å². The fourth-order valence-corrected chi connectivity index (χ4v) is 3.26. The molecule has 3 aromatic carbocycles. The molecule has 1 aliphatic rings. The average molecular weight is 457 g/mol. The molecule has 10 heteroatoms. The molecule has 170 valence electrons. The van der Waals surface area contributed by atoms with Crippen LogP contribution in [0.25, 0.3) is 0 Å². The number of rotatable bonds is 5. The largest absolute Gasteiger partial charge is 0.495 e. The molecule has 0 aliphatic carbocycles. The summed E-state index contributed by atoms with van der Waals surface area (Å²) in [6.07, 6.45) is -4.56. The zero-order valence-electron chi connectivity index (χ0n) is 17.2. The number of amides is 3. The number of hydrogen-bond donors (Lipinski definition) is 3. The zero-order valence-corrected chi connectivity index (χ0v) is 17.2. The predicted octanol–water partition coefficient (Wildman–Crippen LogP) is 5.39. The van der Waals surface area contributed by atoms with E-state index in [2.05, 4.69) is 16.0 Å². The zero-order chi connectivity index (χ0) is 23.6. The molecule has 3 aromatic rings. The number of anilines is 2. The van der Waals surface area contributed by atoms with Crippen molar-refractivity contribution in [2.45, 2.75) is 12.7 Å². The third-order valence-electron chi connectivity index (χ3n) is 4.89. The van der Waals surface area contributed by atoms with E-state index in [1.807, 2.05) is 6.07 Å². The van der Waals surface area contributed by atoms with E-state index in [9.17, 15) is 22.8 Å². The number of urea groups is 1. The minimum atomic E-state index is -4.56. The molecule has 1 aliphatic heterocycles. The van der Waals surface area contributed by atoms with E-state index in [1.54, 1.807) is 36.4 Å². The Kier molecular flexibility index (Phi) is 5.82. The van der Waals surface area contributed by atoms with Crippen LogP contribution in [-0.4, -0.2) is 19.0 Å². The Balaban J connectivity index is 1.41. The summed E-state index contributed by atoms with van der Waals surface area (Å²) in [5.41, 5.74) is 0.816. The van der Waals surface area contributed by atoms with Crippen molar-refractivity contribution in [3.63, 3.8) is 0 Å². The highest BCUT2D eigenvalue weighted by Crippen LogP contribution is 2.35. The molecule has 7 nitrogen and oxygen atoms in total. The van der Waals surface area contributed by atoms with E-state index in [-0.39, 0.29) is 17.3 Å². The Bertz CT molecular complexity index is 1210. The summed E-state index contributed by atoms with van der Waals surface area (Å²) < 4.78 is 49.7. The van der Waals surface area contributed by atoms with E-state index >= 15 is 0 Å². The summed E-state index contributed by atoms with van der Waals surface area (Å²) in [7, 11) is 1.29. The maximum absolute atomic E-state index is 13.0. The van der Waals surface area contributed by atoms with Crippen LogP contribution in [0.2, 0.25) is 0 Å². The van der Waals surface area contributed by atoms with E-state index in [1.165, 1.54) is 7.11 Å². The number of benzene rings is 3. The summed E-state index contributed by atoms with van der Waals surface area (Å²) in [5.74, 6) is 0.892. The SMILES string of the molecule is COc1ccc(C(F)(F)F)cc1NC(=O)Nc1ccc(Oc2ccc3c(c2)C(=O)NC3)cc1. The molecular weight excluding hydrogens is 439 g/mol. The average Bonchev–Trinajstić information content (AvgIpc) is 3.14. The second-order valence-electron chi connectivity index (χ2n) is 7.12. The number of halogens is 3. The van der Waals surface area contributed by atoms with Gasteiger partial charge in [-0.2, -0.15) is 13.2 Å². The van der Waals surface area contributed by atoms with Gasteiger partial charge in [-0.1, -0.05) is 6.07 Å². The van der Waals surface area contributed by atoms with Crippen LogP contribution in [0, 0.1) is 0 Å². The molecule has 33 heavy (non-hydrogen) atoms. The van der Waals surface area contributed by atoms with Crippen LogP contribution in [0.3, 0.4) is 0 Å². The lowest BCUT2D eigenvalue weighted by Gasteiger charge is -2.14. The third-order valence-corrected chi connectivity index (χ3v) is 4.89. The van der Waals surface area contributed by atoms with Gasteiger partial charge in [0, 0.05) is 17.8 Å². The number of alkyl halides is 3. The number of carbonyl (C=O) groups is 2. The predicted molar refractivity (Wildman–Crippen MR) is 115 cm³/mol. The van der Waals surface area contributed by atoms with E-state index in [4.69, 9.17) is 9.47 Å². The molecule has 0 spiro atoms. The van der Waals surface area contributed by atoms with Crippen LogP contribution < -0.4 is 25.4 Å². The molecule has 0 saturated heterocycles. The normalized spacial score (nSPS) is 12.5. The Morgan fingerprint density at radius 3 is 2.39 bits per heavy atom. The van der Waals surface area contributed by atoms with Gasteiger partial charge in [0.05, 0.1) is 18.4 Å². The number of nitrogens with one attached hydrogen (secondary N) is 3. The first-order valence-corrected chi connectivity index (χ1v) is 9.75. The van der Waals surface area contributed by atoms with Gasteiger partial charge < -0.3 is 25.4 Å². The van der Waals surface area contributed by atoms with Gasteiger partial charge >= 0.3 is 12.2 Å². The van der Waals surface area contributed by atoms with Crippen LogP contribution in [0.5, 0.6) is 17.2 Å². The first-order valence-electron chi connectivity index (χ1n) is 9.75. The van der Waals surface area contributed by atoms with Crippen molar-refractivity contribution in [1.82, 2.24) is 5.32 Å². The molecule has 0 unspecified atom stereocenters. The Hall–Kier alpha value is -4.21. The van der Waals surface area contributed by atoms with E-state index in [0.717, 1.165) is 23.8 Å². The first kappa shape index (κ1) is 22.0. The third kappa shape index (κ3) is 5.00. The van der Waals surface area contributed by atoms with Crippen LogP contribution >= 0.6 is 0 Å². The summed E-state index contributed by atoms with van der Waals surface area (Å²) in [6, 6.07) is 13.6. The molecule has 1 heterocycles. The van der Waals surface area contributed by atoms with Crippen molar-refractivity contribution in [3.8, 4) is 17.2 Å². The van der Waals surface area contributed by atoms with Gasteiger partial charge in [-0.3, -0.25) is 4.79 Å². The van der Waals surface area contributed by atoms with Gasteiger partial charge in [0.15, 0.2) is 0 Å². The molecule has 0 fully saturated rings. The van der Waals surface area contributed by atoms with Crippen LogP contribution in [0.1, 0.15) is 21.5 Å². The van der Waals surface area contributed by atoms with Crippen molar-refractivity contribution < 1.29 is 32.2 Å². The maximum atomic E-state index is 13.0. The molecule has 0 saturated carbocycles. The number of hydrogen-bond acceptors (Lipinski definition) is 4. The van der Waals surface area contributed by atoms with Gasteiger partial charge in [-0.15, -0.1) is 0 Å². The minimum absolute atomic E-state index is 0.0879. The molecule has 3 N–H and O–H groups in total. The molecule has 0 aromatic heterocycles. The smallest absolute Gasteiger partial charge is 0.416 e. The van der Waals surface area contributed by atoms with Crippen molar-refractivity contribution in [2.75, 3.05) is 17.7 Å². The lowest BCUT2D eigenvalue weighted by atomic mass is 10.1. The van der Waals surface area contributed by atoms with Gasteiger partial charge in [0.25, 0.3) is 5.91 Å². The fourth-order valence-electron chi connectivity index (χ4n) is 3.26. The second kappa shape index (κ2) is 8.73. The van der Waals surface area contributed by atoms with Gasteiger partial charge in [0.1, 0.15) is 17.2 Å². The quantitative estimate of drug-likeness (QED) is 0.479. The number of carbonyl (C=O) groups excluding carboxylic acids is 2. The summed E-state index contributed by atoms with van der Waals surface area (Å²) in [4.78, 5) is 24.1. The van der Waals surface area contributed by atoms with Crippen molar-refractivity contribution >= 4 is 23.3 Å². The molecule has 4 rings (SSSR count). The van der Waals surface area contributed by atoms with Gasteiger partial charge in [-0.05, 0) is 60.2 Å². The van der Waals surface area contributed by atoms with E-state index < -0.39 is 17.8 Å². The lowest BCUT2D eigenvalue weighted by Crippen LogP contribution is -2.20. The lowest BCUT2D eigenvalue weighted by molar-refractivity contribution is -0.137.